The van der Waals surface area contributed by atoms with Crippen LogP contribution in [0.2, 0.25) is 0 Å². The van der Waals surface area contributed by atoms with Gasteiger partial charge in [-0.1, -0.05) is 12.1 Å². The van der Waals surface area contributed by atoms with Crippen LogP contribution < -0.4 is 5.32 Å². The lowest BCUT2D eigenvalue weighted by atomic mass is 10.3. The van der Waals surface area contributed by atoms with E-state index in [4.69, 9.17) is 9.15 Å². The van der Waals surface area contributed by atoms with Crippen molar-refractivity contribution < 1.29 is 22.4 Å². The number of nitrogens with one attached hydrogen (secondary N) is 2. The summed E-state index contributed by atoms with van der Waals surface area (Å²) in [4.78, 5) is 19.9. The number of rotatable bonds is 6. The molecule has 1 aliphatic heterocycles. The molecule has 0 radical (unpaired) electrons. The van der Waals surface area contributed by atoms with Crippen molar-refractivity contribution >= 4 is 37.5 Å². The van der Waals surface area contributed by atoms with Crippen LogP contribution in [0.5, 0.6) is 0 Å². The summed E-state index contributed by atoms with van der Waals surface area (Å²) in [5, 5.41) is 3.51. The normalized spacial score (nSPS) is 15.2. The van der Waals surface area contributed by atoms with Crippen molar-refractivity contribution in [2.24, 2.45) is 0 Å². The number of furan rings is 1. The number of thiazole rings is 1. The standard InChI is InChI=1S/C21H20N4O5S2/c26-20(17-11-15(13-22-17)32(27,28)25-7-9-29-10-8-25)23-12-14-5-6-18(30-14)21-24-16-3-1-2-4-19(16)31-21/h1-6,11,13,22H,7-10,12H2,(H,23,26). The Morgan fingerprint density at radius 1 is 1.19 bits per heavy atom. The summed E-state index contributed by atoms with van der Waals surface area (Å²) < 4.78 is 38.9. The number of para-hydroxylation sites is 1. The second kappa shape index (κ2) is 8.51. The van der Waals surface area contributed by atoms with Gasteiger partial charge in [-0.3, -0.25) is 4.79 Å². The number of fused-ring (bicyclic) bond motifs is 1. The Morgan fingerprint density at radius 3 is 2.81 bits per heavy atom. The molecule has 1 fully saturated rings. The van der Waals surface area contributed by atoms with Gasteiger partial charge in [0.05, 0.1) is 30.0 Å². The fourth-order valence-corrected chi connectivity index (χ4v) is 5.75. The molecule has 1 saturated heterocycles. The molecule has 0 atom stereocenters. The Hall–Kier alpha value is -2.99. The maximum Gasteiger partial charge on any atom is 0.268 e. The zero-order chi connectivity index (χ0) is 22.1. The number of benzene rings is 1. The van der Waals surface area contributed by atoms with Gasteiger partial charge in [0, 0.05) is 19.3 Å². The molecule has 4 aromatic rings. The molecule has 11 heteroatoms. The molecule has 4 heterocycles. The Morgan fingerprint density at radius 2 is 2.00 bits per heavy atom. The monoisotopic (exact) mass is 472 g/mol. The zero-order valence-electron chi connectivity index (χ0n) is 16.9. The smallest absolute Gasteiger partial charge is 0.268 e. The summed E-state index contributed by atoms with van der Waals surface area (Å²) in [7, 11) is -3.66. The van der Waals surface area contributed by atoms with E-state index in [1.54, 1.807) is 6.07 Å². The molecule has 0 bridgehead atoms. The summed E-state index contributed by atoms with van der Waals surface area (Å²) in [6.07, 6.45) is 1.33. The van der Waals surface area contributed by atoms with E-state index in [0.29, 0.717) is 37.8 Å². The molecule has 0 unspecified atom stereocenters. The molecule has 9 nitrogen and oxygen atoms in total. The summed E-state index contributed by atoms with van der Waals surface area (Å²) >= 11 is 1.54. The minimum absolute atomic E-state index is 0.0562. The summed E-state index contributed by atoms with van der Waals surface area (Å²) in [6.45, 7) is 1.47. The maximum atomic E-state index is 12.7. The van der Waals surface area contributed by atoms with Gasteiger partial charge < -0.3 is 19.5 Å². The van der Waals surface area contributed by atoms with Crippen LogP contribution >= 0.6 is 11.3 Å². The zero-order valence-corrected chi connectivity index (χ0v) is 18.5. The number of hydrogen-bond donors (Lipinski definition) is 2. The molecule has 3 aromatic heterocycles. The first-order chi connectivity index (χ1) is 15.5. The van der Waals surface area contributed by atoms with Crippen LogP contribution in [0.4, 0.5) is 0 Å². The first-order valence-corrected chi connectivity index (χ1v) is 12.3. The van der Waals surface area contributed by atoms with Gasteiger partial charge in [-0.2, -0.15) is 4.31 Å². The van der Waals surface area contributed by atoms with Crippen molar-refractivity contribution in [3.05, 3.63) is 60.1 Å². The SMILES string of the molecule is O=C(NCc1ccc(-c2nc3ccccc3s2)o1)c1cc(S(=O)(=O)N2CCOCC2)c[nH]1. The van der Waals surface area contributed by atoms with Crippen molar-refractivity contribution in [1.29, 1.82) is 0 Å². The molecule has 1 aromatic carbocycles. The van der Waals surface area contributed by atoms with E-state index in [2.05, 4.69) is 15.3 Å². The lowest BCUT2D eigenvalue weighted by Gasteiger charge is -2.25. The number of ether oxygens (including phenoxy) is 1. The Balaban J connectivity index is 1.24. The first-order valence-electron chi connectivity index (χ1n) is 10.00. The van der Waals surface area contributed by atoms with Gasteiger partial charge in [-0.25, -0.2) is 13.4 Å². The minimum Gasteiger partial charge on any atom is -0.457 e. The van der Waals surface area contributed by atoms with Crippen LogP contribution in [0, 0.1) is 0 Å². The fourth-order valence-electron chi connectivity index (χ4n) is 3.42. The highest BCUT2D eigenvalue weighted by molar-refractivity contribution is 7.89. The van der Waals surface area contributed by atoms with Gasteiger partial charge in [0.1, 0.15) is 16.3 Å². The third-order valence-corrected chi connectivity index (χ3v) is 8.03. The molecule has 0 aliphatic carbocycles. The van der Waals surface area contributed by atoms with Gasteiger partial charge in [0.15, 0.2) is 10.8 Å². The summed E-state index contributed by atoms with van der Waals surface area (Å²) in [5.74, 6) is 0.779. The maximum absolute atomic E-state index is 12.7. The van der Waals surface area contributed by atoms with Crippen molar-refractivity contribution in [2.45, 2.75) is 11.4 Å². The number of sulfonamides is 1. The van der Waals surface area contributed by atoms with Crippen LogP contribution in [0.15, 0.2) is 58.0 Å². The van der Waals surface area contributed by atoms with Crippen molar-refractivity contribution in [2.75, 3.05) is 26.3 Å². The average molecular weight is 473 g/mol. The lowest BCUT2D eigenvalue weighted by Crippen LogP contribution is -2.40. The minimum atomic E-state index is -3.66. The van der Waals surface area contributed by atoms with Crippen molar-refractivity contribution in [3.8, 4) is 10.8 Å². The third-order valence-electron chi connectivity index (χ3n) is 5.10. The number of nitrogens with zero attached hydrogens (tertiary/aromatic N) is 2. The number of H-pyrrole nitrogens is 1. The van der Waals surface area contributed by atoms with Gasteiger partial charge in [-0.15, -0.1) is 11.3 Å². The van der Waals surface area contributed by atoms with Crippen LogP contribution in [0.1, 0.15) is 16.2 Å². The van der Waals surface area contributed by atoms with E-state index in [1.807, 2.05) is 30.3 Å². The third kappa shape index (κ3) is 4.07. The van der Waals surface area contributed by atoms with Crippen LogP contribution in [-0.2, 0) is 21.3 Å². The van der Waals surface area contributed by atoms with Gasteiger partial charge in [-0.05, 0) is 30.3 Å². The fraction of sp³-hybridized carbons (Fsp3) is 0.238. The number of hydrogen-bond acceptors (Lipinski definition) is 7. The van der Waals surface area contributed by atoms with Crippen molar-refractivity contribution in [3.63, 3.8) is 0 Å². The van der Waals surface area contributed by atoms with Crippen LogP contribution in [0.25, 0.3) is 21.0 Å². The van der Waals surface area contributed by atoms with E-state index in [9.17, 15) is 13.2 Å². The van der Waals surface area contributed by atoms with E-state index >= 15 is 0 Å². The Kier molecular flexibility index (Phi) is 5.55. The molecule has 32 heavy (non-hydrogen) atoms. The number of aromatic amines is 1. The van der Waals surface area contributed by atoms with Crippen LogP contribution in [0.3, 0.4) is 0 Å². The molecular formula is C21H20N4O5S2. The number of carbonyl (C=O) groups excluding carboxylic acids is 1. The summed E-state index contributed by atoms with van der Waals surface area (Å²) in [5.41, 5.74) is 1.07. The average Bonchev–Trinajstić information content (AvgIpc) is 3.57. The molecule has 0 saturated carbocycles. The molecule has 0 spiro atoms. The second-order valence-electron chi connectivity index (χ2n) is 7.20. The lowest BCUT2D eigenvalue weighted by molar-refractivity contribution is 0.0730. The van der Waals surface area contributed by atoms with E-state index in [-0.39, 0.29) is 17.1 Å². The van der Waals surface area contributed by atoms with E-state index in [0.717, 1.165) is 15.2 Å². The second-order valence-corrected chi connectivity index (χ2v) is 10.2. The number of aromatic nitrogens is 2. The predicted molar refractivity (Wildman–Crippen MR) is 119 cm³/mol. The molecule has 2 N–H and O–H groups in total. The topological polar surface area (TPSA) is 118 Å². The Bertz CT molecular complexity index is 1330. The van der Waals surface area contributed by atoms with Gasteiger partial charge in [0.2, 0.25) is 10.0 Å². The highest BCUT2D eigenvalue weighted by Crippen LogP contribution is 2.31. The largest absolute Gasteiger partial charge is 0.457 e. The molecular weight excluding hydrogens is 452 g/mol. The Labute approximate surface area is 188 Å². The summed E-state index contributed by atoms with van der Waals surface area (Å²) in [6, 6.07) is 12.8. The van der Waals surface area contributed by atoms with Gasteiger partial charge in [0.25, 0.3) is 5.91 Å². The van der Waals surface area contributed by atoms with Crippen molar-refractivity contribution in [1.82, 2.24) is 19.6 Å². The predicted octanol–water partition coefficient (Wildman–Crippen LogP) is 2.84. The highest BCUT2D eigenvalue weighted by atomic mass is 32.2. The number of carbonyl (C=O) groups is 1. The molecule has 166 valence electrons. The van der Waals surface area contributed by atoms with E-state index < -0.39 is 15.9 Å². The molecule has 5 rings (SSSR count). The quantitative estimate of drug-likeness (QED) is 0.446. The highest BCUT2D eigenvalue weighted by Gasteiger charge is 2.28. The first kappa shape index (κ1) is 20.9. The van der Waals surface area contributed by atoms with E-state index in [1.165, 1.54) is 27.9 Å². The van der Waals surface area contributed by atoms with Crippen LogP contribution in [-0.4, -0.2) is 54.9 Å². The van der Waals surface area contributed by atoms with Gasteiger partial charge >= 0.3 is 0 Å². The molecule has 1 aliphatic rings. The number of morpholine rings is 1. The molecule has 1 amide bonds. The number of amides is 1.